The van der Waals surface area contributed by atoms with Crippen molar-refractivity contribution < 1.29 is 23.9 Å². The fourth-order valence-corrected chi connectivity index (χ4v) is 4.70. The minimum absolute atomic E-state index is 0.185. The standard InChI is InChI=1S/C27H23BrN2O5S/c1-17-7-10-20(11-8-17)29-25(31)16-35-22-12-9-18(13-23(22)34-2)14-24-26(32)30(27(33)36-24)15-19-5-3-4-6-21(19)28/h3-14H,15-16H2,1-2H3,(H,29,31)/b24-14-. The Morgan fingerprint density at radius 2 is 1.81 bits per heavy atom. The monoisotopic (exact) mass is 566 g/mol. The highest BCUT2D eigenvalue weighted by atomic mass is 79.9. The number of carbonyl (C=O) groups excluding carboxylic acids is 3. The lowest BCUT2D eigenvalue weighted by atomic mass is 10.1. The van der Waals surface area contributed by atoms with Crippen molar-refractivity contribution in [2.24, 2.45) is 0 Å². The van der Waals surface area contributed by atoms with Crippen molar-refractivity contribution in [3.63, 3.8) is 0 Å². The maximum absolute atomic E-state index is 12.9. The van der Waals surface area contributed by atoms with Crippen LogP contribution in [0.25, 0.3) is 6.08 Å². The second-order valence-electron chi connectivity index (χ2n) is 7.97. The molecule has 36 heavy (non-hydrogen) atoms. The van der Waals surface area contributed by atoms with Crippen LogP contribution >= 0.6 is 27.7 Å². The molecule has 0 saturated carbocycles. The molecule has 1 N–H and O–H groups in total. The number of thioether (sulfide) groups is 1. The van der Waals surface area contributed by atoms with Crippen LogP contribution in [-0.4, -0.2) is 35.7 Å². The highest BCUT2D eigenvalue weighted by Crippen LogP contribution is 2.36. The topological polar surface area (TPSA) is 84.9 Å². The molecule has 3 aromatic carbocycles. The molecule has 0 bridgehead atoms. The number of hydrogen-bond acceptors (Lipinski definition) is 6. The van der Waals surface area contributed by atoms with Gasteiger partial charge >= 0.3 is 0 Å². The summed E-state index contributed by atoms with van der Waals surface area (Å²) >= 11 is 4.35. The summed E-state index contributed by atoms with van der Waals surface area (Å²) < 4.78 is 11.9. The van der Waals surface area contributed by atoms with Gasteiger partial charge in [0, 0.05) is 10.2 Å². The molecule has 0 unspecified atom stereocenters. The third-order valence-corrected chi connectivity index (χ3v) is 7.02. The Kier molecular flexibility index (Phi) is 8.12. The van der Waals surface area contributed by atoms with Crippen molar-refractivity contribution in [2.75, 3.05) is 19.0 Å². The summed E-state index contributed by atoms with van der Waals surface area (Å²) in [6.45, 7) is 1.96. The van der Waals surface area contributed by atoms with E-state index in [4.69, 9.17) is 9.47 Å². The first-order valence-electron chi connectivity index (χ1n) is 11.0. The van der Waals surface area contributed by atoms with Gasteiger partial charge in [-0.25, -0.2) is 0 Å². The maximum Gasteiger partial charge on any atom is 0.293 e. The molecule has 1 aliphatic heterocycles. The average molecular weight is 567 g/mol. The number of imide groups is 1. The first-order chi connectivity index (χ1) is 17.3. The molecule has 4 rings (SSSR count). The van der Waals surface area contributed by atoms with Crippen molar-refractivity contribution >= 4 is 56.5 Å². The molecule has 0 spiro atoms. The molecule has 7 nitrogen and oxygen atoms in total. The SMILES string of the molecule is COc1cc(/C=C2\SC(=O)N(Cc3ccccc3Br)C2=O)ccc1OCC(=O)Nc1ccc(C)cc1. The summed E-state index contributed by atoms with van der Waals surface area (Å²) in [5.41, 5.74) is 3.29. The van der Waals surface area contributed by atoms with Crippen LogP contribution in [0.15, 0.2) is 76.1 Å². The summed E-state index contributed by atoms with van der Waals surface area (Å²) in [5.74, 6) is 0.131. The van der Waals surface area contributed by atoms with E-state index in [0.29, 0.717) is 27.7 Å². The van der Waals surface area contributed by atoms with Crippen LogP contribution in [0, 0.1) is 6.92 Å². The molecule has 184 valence electrons. The first-order valence-corrected chi connectivity index (χ1v) is 12.6. The molecule has 0 aromatic heterocycles. The second-order valence-corrected chi connectivity index (χ2v) is 9.82. The van der Waals surface area contributed by atoms with Gasteiger partial charge in [0.05, 0.1) is 18.6 Å². The molecule has 0 atom stereocenters. The number of nitrogens with one attached hydrogen (secondary N) is 1. The maximum atomic E-state index is 12.9. The van der Waals surface area contributed by atoms with E-state index in [1.54, 1.807) is 24.3 Å². The lowest BCUT2D eigenvalue weighted by Gasteiger charge is -2.13. The second kappa shape index (κ2) is 11.5. The van der Waals surface area contributed by atoms with Crippen molar-refractivity contribution in [1.29, 1.82) is 0 Å². The zero-order chi connectivity index (χ0) is 25.7. The fourth-order valence-electron chi connectivity index (χ4n) is 3.46. The molecule has 0 aliphatic carbocycles. The lowest BCUT2D eigenvalue weighted by molar-refractivity contribution is -0.123. The fraction of sp³-hybridized carbons (Fsp3) is 0.148. The van der Waals surface area contributed by atoms with Gasteiger partial charge in [-0.15, -0.1) is 0 Å². The van der Waals surface area contributed by atoms with Gasteiger partial charge in [0.25, 0.3) is 17.1 Å². The third kappa shape index (κ3) is 6.16. The van der Waals surface area contributed by atoms with Gasteiger partial charge in [-0.1, -0.05) is 57.9 Å². The normalized spacial score (nSPS) is 14.3. The third-order valence-electron chi connectivity index (χ3n) is 5.34. The van der Waals surface area contributed by atoms with E-state index < -0.39 is 0 Å². The molecule has 0 radical (unpaired) electrons. The van der Waals surface area contributed by atoms with E-state index in [0.717, 1.165) is 27.4 Å². The molecular weight excluding hydrogens is 544 g/mol. The highest BCUT2D eigenvalue weighted by Gasteiger charge is 2.35. The molecule has 3 aromatic rings. The van der Waals surface area contributed by atoms with E-state index in [1.807, 2.05) is 55.5 Å². The van der Waals surface area contributed by atoms with E-state index in [-0.39, 0.29) is 30.2 Å². The predicted octanol–water partition coefficient (Wildman–Crippen LogP) is 6.02. The number of hydrogen-bond donors (Lipinski definition) is 1. The molecule has 1 aliphatic rings. The van der Waals surface area contributed by atoms with Crippen LogP contribution in [-0.2, 0) is 16.1 Å². The van der Waals surface area contributed by atoms with Crippen LogP contribution in [0.4, 0.5) is 10.5 Å². The van der Waals surface area contributed by atoms with Crippen LogP contribution in [0.3, 0.4) is 0 Å². The summed E-state index contributed by atoms with van der Waals surface area (Å²) in [4.78, 5) is 39.2. The molecular formula is C27H23BrN2O5S. The average Bonchev–Trinajstić information content (AvgIpc) is 3.13. The number of rotatable bonds is 8. The zero-order valence-electron chi connectivity index (χ0n) is 19.6. The van der Waals surface area contributed by atoms with E-state index in [9.17, 15) is 14.4 Å². The Hall–Kier alpha value is -3.56. The lowest BCUT2D eigenvalue weighted by Crippen LogP contribution is -2.27. The zero-order valence-corrected chi connectivity index (χ0v) is 22.0. The summed E-state index contributed by atoms with van der Waals surface area (Å²) in [7, 11) is 1.49. The minimum Gasteiger partial charge on any atom is -0.493 e. The Balaban J connectivity index is 1.42. The highest BCUT2D eigenvalue weighted by molar-refractivity contribution is 9.10. The molecule has 3 amide bonds. The van der Waals surface area contributed by atoms with Gasteiger partial charge in [-0.3, -0.25) is 19.3 Å². The van der Waals surface area contributed by atoms with Gasteiger partial charge in [0.1, 0.15) is 0 Å². The molecule has 1 heterocycles. The Morgan fingerprint density at radius 3 is 2.53 bits per heavy atom. The largest absolute Gasteiger partial charge is 0.493 e. The smallest absolute Gasteiger partial charge is 0.293 e. The Morgan fingerprint density at radius 1 is 1.06 bits per heavy atom. The Labute approximate surface area is 221 Å². The quantitative estimate of drug-likeness (QED) is 0.335. The number of carbonyl (C=O) groups is 3. The summed E-state index contributed by atoms with van der Waals surface area (Å²) in [6, 6.07) is 20.0. The number of amides is 3. The van der Waals surface area contributed by atoms with Crippen LogP contribution in [0.1, 0.15) is 16.7 Å². The van der Waals surface area contributed by atoms with Gasteiger partial charge in [0.2, 0.25) is 0 Å². The van der Waals surface area contributed by atoms with Crippen molar-refractivity contribution in [2.45, 2.75) is 13.5 Å². The number of ether oxygens (including phenoxy) is 2. The number of nitrogens with zero attached hydrogens (tertiary/aromatic N) is 1. The van der Waals surface area contributed by atoms with Gasteiger partial charge in [0.15, 0.2) is 18.1 Å². The Bertz CT molecular complexity index is 1340. The van der Waals surface area contributed by atoms with Gasteiger partial charge in [-0.05, 0) is 66.2 Å². The minimum atomic E-state index is -0.354. The predicted molar refractivity (Wildman–Crippen MR) is 144 cm³/mol. The van der Waals surface area contributed by atoms with Gasteiger partial charge < -0.3 is 14.8 Å². The van der Waals surface area contributed by atoms with Crippen LogP contribution in [0.5, 0.6) is 11.5 Å². The number of halogens is 1. The van der Waals surface area contributed by atoms with E-state index in [1.165, 1.54) is 12.0 Å². The number of anilines is 1. The van der Waals surface area contributed by atoms with Crippen molar-refractivity contribution in [3.05, 3.63) is 92.8 Å². The van der Waals surface area contributed by atoms with Crippen LogP contribution in [0.2, 0.25) is 0 Å². The number of aryl methyl sites for hydroxylation is 1. The number of methoxy groups -OCH3 is 1. The summed E-state index contributed by atoms with van der Waals surface area (Å²) in [5, 5.41) is 2.45. The van der Waals surface area contributed by atoms with Crippen molar-refractivity contribution in [3.8, 4) is 11.5 Å². The van der Waals surface area contributed by atoms with Crippen molar-refractivity contribution in [1.82, 2.24) is 4.90 Å². The molecule has 9 heteroatoms. The van der Waals surface area contributed by atoms with E-state index in [2.05, 4.69) is 21.2 Å². The van der Waals surface area contributed by atoms with Gasteiger partial charge in [-0.2, -0.15) is 0 Å². The number of benzene rings is 3. The molecule has 1 fully saturated rings. The molecule has 1 saturated heterocycles. The van der Waals surface area contributed by atoms with E-state index >= 15 is 0 Å². The first kappa shape index (κ1) is 25.5. The summed E-state index contributed by atoms with van der Waals surface area (Å²) in [6.07, 6.45) is 1.64. The van der Waals surface area contributed by atoms with Crippen LogP contribution < -0.4 is 14.8 Å².